The van der Waals surface area contributed by atoms with E-state index in [1.807, 2.05) is 18.2 Å². The number of benzene rings is 1. The van der Waals surface area contributed by atoms with Gasteiger partial charge in [-0.2, -0.15) is 0 Å². The fraction of sp³-hybridized carbons (Fsp3) is 0.500. The van der Waals surface area contributed by atoms with E-state index in [0.29, 0.717) is 24.1 Å². The lowest BCUT2D eigenvalue weighted by molar-refractivity contribution is 0.464. The van der Waals surface area contributed by atoms with Crippen LogP contribution < -0.4 is 5.73 Å². The molecule has 1 aliphatic rings. The van der Waals surface area contributed by atoms with Crippen LogP contribution in [0.4, 0.5) is 0 Å². The van der Waals surface area contributed by atoms with Gasteiger partial charge in [0.25, 0.3) is 0 Å². The van der Waals surface area contributed by atoms with Crippen molar-refractivity contribution in [2.75, 3.05) is 6.54 Å². The van der Waals surface area contributed by atoms with Crippen LogP contribution >= 0.6 is 0 Å². The lowest BCUT2D eigenvalue weighted by Gasteiger charge is -2.04. The minimum Gasteiger partial charge on any atom is -0.508 e. The molecule has 2 rings (SSSR count). The Labute approximate surface area is 84.7 Å². The predicted molar refractivity (Wildman–Crippen MR) is 57.2 cm³/mol. The molecule has 3 N–H and O–H groups in total. The van der Waals surface area contributed by atoms with Gasteiger partial charge in [0.1, 0.15) is 5.75 Å². The van der Waals surface area contributed by atoms with E-state index >= 15 is 0 Å². The second-order valence-electron chi connectivity index (χ2n) is 4.70. The summed E-state index contributed by atoms with van der Waals surface area (Å²) in [4.78, 5) is 0. The summed E-state index contributed by atoms with van der Waals surface area (Å²) in [5, 5.41) is 9.73. The van der Waals surface area contributed by atoms with Crippen molar-refractivity contribution < 1.29 is 5.11 Å². The second-order valence-corrected chi connectivity index (χ2v) is 4.70. The molecule has 2 nitrogen and oxygen atoms in total. The SMILES string of the molecule is CC1(C)C(CN)C1c1ccccc1O. The monoisotopic (exact) mass is 191 g/mol. The summed E-state index contributed by atoms with van der Waals surface area (Å²) >= 11 is 0. The Bertz CT molecular complexity index is 346. The van der Waals surface area contributed by atoms with E-state index in [1.165, 1.54) is 0 Å². The maximum atomic E-state index is 9.73. The van der Waals surface area contributed by atoms with Gasteiger partial charge in [-0.05, 0) is 35.4 Å². The zero-order chi connectivity index (χ0) is 10.3. The molecule has 0 saturated heterocycles. The maximum Gasteiger partial charge on any atom is 0.119 e. The fourth-order valence-electron chi connectivity index (χ4n) is 2.55. The van der Waals surface area contributed by atoms with E-state index in [1.54, 1.807) is 6.07 Å². The molecule has 0 heterocycles. The van der Waals surface area contributed by atoms with Crippen molar-refractivity contribution in [3.8, 4) is 5.75 Å². The highest BCUT2D eigenvalue weighted by molar-refractivity contribution is 5.41. The molecule has 2 heteroatoms. The Morgan fingerprint density at radius 3 is 2.50 bits per heavy atom. The summed E-state index contributed by atoms with van der Waals surface area (Å²) in [6.45, 7) is 5.12. The molecular weight excluding hydrogens is 174 g/mol. The third-order valence-corrected chi connectivity index (χ3v) is 3.58. The molecule has 0 radical (unpaired) electrons. The number of phenolic OH excluding ortho intramolecular Hbond substituents is 1. The van der Waals surface area contributed by atoms with Gasteiger partial charge in [-0.1, -0.05) is 32.0 Å². The van der Waals surface area contributed by atoms with Crippen molar-refractivity contribution in [2.45, 2.75) is 19.8 Å². The van der Waals surface area contributed by atoms with E-state index in [-0.39, 0.29) is 5.41 Å². The largest absolute Gasteiger partial charge is 0.508 e. The lowest BCUT2D eigenvalue weighted by Crippen LogP contribution is -2.05. The van der Waals surface area contributed by atoms with Crippen molar-refractivity contribution in [3.63, 3.8) is 0 Å². The van der Waals surface area contributed by atoms with E-state index in [9.17, 15) is 5.11 Å². The molecule has 2 unspecified atom stereocenters. The van der Waals surface area contributed by atoms with E-state index in [2.05, 4.69) is 13.8 Å². The van der Waals surface area contributed by atoms with Gasteiger partial charge in [0.05, 0.1) is 0 Å². The van der Waals surface area contributed by atoms with Gasteiger partial charge < -0.3 is 10.8 Å². The average molecular weight is 191 g/mol. The Balaban J connectivity index is 2.31. The van der Waals surface area contributed by atoms with E-state index in [0.717, 1.165) is 5.56 Å². The summed E-state index contributed by atoms with van der Waals surface area (Å²) in [6.07, 6.45) is 0. The molecule has 14 heavy (non-hydrogen) atoms. The van der Waals surface area contributed by atoms with Crippen molar-refractivity contribution in [1.82, 2.24) is 0 Å². The van der Waals surface area contributed by atoms with Crippen LogP contribution in [0, 0.1) is 11.3 Å². The zero-order valence-corrected chi connectivity index (χ0v) is 8.70. The minimum absolute atomic E-state index is 0.244. The van der Waals surface area contributed by atoms with Crippen LogP contribution in [-0.4, -0.2) is 11.7 Å². The van der Waals surface area contributed by atoms with Gasteiger partial charge in [0.15, 0.2) is 0 Å². The minimum atomic E-state index is 0.244. The van der Waals surface area contributed by atoms with E-state index in [4.69, 9.17) is 5.73 Å². The topological polar surface area (TPSA) is 46.2 Å². The molecule has 0 amide bonds. The van der Waals surface area contributed by atoms with Crippen LogP contribution in [0.15, 0.2) is 24.3 Å². The molecule has 2 atom stereocenters. The second kappa shape index (κ2) is 2.99. The van der Waals surface area contributed by atoms with Crippen LogP contribution in [0.1, 0.15) is 25.3 Å². The van der Waals surface area contributed by atoms with Gasteiger partial charge in [0, 0.05) is 0 Å². The highest BCUT2D eigenvalue weighted by Crippen LogP contribution is 2.65. The number of phenols is 1. The van der Waals surface area contributed by atoms with Gasteiger partial charge in [-0.3, -0.25) is 0 Å². The first-order chi connectivity index (χ1) is 6.59. The van der Waals surface area contributed by atoms with E-state index < -0.39 is 0 Å². The standard InChI is InChI=1S/C12H17NO/c1-12(2)9(7-13)11(12)8-5-3-4-6-10(8)14/h3-6,9,11,14H,7,13H2,1-2H3. The summed E-state index contributed by atoms with van der Waals surface area (Å²) in [5.74, 6) is 1.34. The van der Waals surface area contributed by atoms with Gasteiger partial charge in [0.2, 0.25) is 0 Å². The van der Waals surface area contributed by atoms with Crippen LogP contribution in [0.25, 0.3) is 0 Å². The summed E-state index contributed by atoms with van der Waals surface area (Å²) in [5.41, 5.74) is 7.00. The maximum absolute atomic E-state index is 9.73. The molecular formula is C12H17NO. The summed E-state index contributed by atoms with van der Waals surface area (Å²) in [6, 6.07) is 7.57. The third kappa shape index (κ3) is 1.22. The van der Waals surface area contributed by atoms with Crippen molar-refractivity contribution in [2.24, 2.45) is 17.1 Å². The number of hydrogen-bond acceptors (Lipinski definition) is 2. The number of nitrogens with two attached hydrogens (primary N) is 1. The van der Waals surface area contributed by atoms with Gasteiger partial charge in [-0.25, -0.2) is 0 Å². The van der Waals surface area contributed by atoms with Crippen molar-refractivity contribution >= 4 is 0 Å². The van der Waals surface area contributed by atoms with Crippen molar-refractivity contribution in [1.29, 1.82) is 0 Å². The molecule has 0 spiro atoms. The zero-order valence-electron chi connectivity index (χ0n) is 8.70. The average Bonchev–Trinajstić information content (AvgIpc) is 2.69. The number of hydrogen-bond donors (Lipinski definition) is 2. The molecule has 0 aromatic heterocycles. The number of rotatable bonds is 2. The molecule has 1 aliphatic carbocycles. The molecule has 1 aromatic carbocycles. The highest BCUT2D eigenvalue weighted by Gasteiger charge is 2.57. The van der Waals surface area contributed by atoms with Crippen LogP contribution in [-0.2, 0) is 0 Å². The molecule has 0 bridgehead atoms. The Hall–Kier alpha value is -1.02. The molecule has 1 saturated carbocycles. The fourth-order valence-corrected chi connectivity index (χ4v) is 2.55. The quantitative estimate of drug-likeness (QED) is 0.752. The van der Waals surface area contributed by atoms with Crippen LogP contribution in [0.5, 0.6) is 5.75 Å². The summed E-state index contributed by atoms with van der Waals surface area (Å²) in [7, 11) is 0. The Kier molecular flexibility index (Phi) is 2.04. The third-order valence-electron chi connectivity index (χ3n) is 3.58. The Morgan fingerprint density at radius 1 is 1.36 bits per heavy atom. The Morgan fingerprint density at radius 2 is 2.00 bits per heavy atom. The first-order valence-electron chi connectivity index (χ1n) is 5.07. The first-order valence-corrected chi connectivity index (χ1v) is 5.07. The van der Waals surface area contributed by atoms with Crippen molar-refractivity contribution in [3.05, 3.63) is 29.8 Å². The normalized spacial score (nSPS) is 28.8. The molecule has 76 valence electrons. The van der Waals surface area contributed by atoms with Crippen LogP contribution in [0.2, 0.25) is 0 Å². The smallest absolute Gasteiger partial charge is 0.119 e. The molecule has 1 aromatic rings. The first kappa shape index (κ1) is 9.53. The highest BCUT2D eigenvalue weighted by atomic mass is 16.3. The molecule has 1 fully saturated rings. The predicted octanol–water partition coefficient (Wildman–Crippen LogP) is 2.09. The number of aromatic hydroxyl groups is 1. The van der Waals surface area contributed by atoms with Gasteiger partial charge in [-0.15, -0.1) is 0 Å². The number of para-hydroxylation sites is 1. The lowest BCUT2D eigenvalue weighted by atomic mass is 10.0. The van der Waals surface area contributed by atoms with Gasteiger partial charge >= 0.3 is 0 Å². The van der Waals surface area contributed by atoms with Crippen LogP contribution in [0.3, 0.4) is 0 Å². The summed E-state index contributed by atoms with van der Waals surface area (Å²) < 4.78 is 0. The molecule has 0 aliphatic heterocycles.